The lowest BCUT2D eigenvalue weighted by atomic mass is 10.1. The van der Waals surface area contributed by atoms with Crippen molar-refractivity contribution >= 4 is 10.0 Å². The summed E-state index contributed by atoms with van der Waals surface area (Å²) in [6.45, 7) is 1.63. The van der Waals surface area contributed by atoms with Crippen molar-refractivity contribution < 1.29 is 17.9 Å². The highest BCUT2D eigenvalue weighted by Crippen LogP contribution is 2.28. The van der Waals surface area contributed by atoms with Crippen molar-refractivity contribution in [2.45, 2.75) is 17.9 Å². The smallest absolute Gasteiger partial charge is 0.240 e. The lowest BCUT2D eigenvalue weighted by molar-refractivity contribution is 0.268. The maximum atomic E-state index is 12.8. The zero-order valence-electron chi connectivity index (χ0n) is 18.7. The number of benzene rings is 3. The summed E-state index contributed by atoms with van der Waals surface area (Å²) in [6.07, 6.45) is 0.881. The van der Waals surface area contributed by atoms with E-state index in [1.54, 1.807) is 25.3 Å². The van der Waals surface area contributed by atoms with E-state index >= 15 is 0 Å². The summed E-state index contributed by atoms with van der Waals surface area (Å²) in [5.41, 5.74) is 2.80. The third kappa shape index (κ3) is 6.56. The van der Waals surface area contributed by atoms with Crippen LogP contribution in [-0.4, -0.2) is 47.7 Å². The fourth-order valence-electron chi connectivity index (χ4n) is 3.23. The van der Waals surface area contributed by atoms with Gasteiger partial charge >= 0.3 is 0 Å². The molecule has 0 heterocycles. The first kappa shape index (κ1) is 23.8. The molecule has 0 spiro atoms. The van der Waals surface area contributed by atoms with Crippen LogP contribution in [0.5, 0.6) is 11.5 Å². The topological polar surface area (TPSA) is 67.9 Å². The number of nitrogens with one attached hydrogen (secondary N) is 1. The molecule has 0 radical (unpaired) electrons. The second kappa shape index (κ2) is 11.1. The van der Waals surface area contributed by atoms with Gasteiger partial charge in [-0.25, -0.2) is 13.1 Å². The Kier molecular flexibility index (Phi) is 8.27. The largest absolute Gasteiger partial charge is 0.493 e. The molecule has 0 unspecified atom stereocenters. The molecule has 0 saturated carbocycles. The summed E-state index contributed by atoms with van der Waals surface area (Å²) >= 11 is 0. The highest BCUT2D eigenvalue weighted by Gasteiger charge is 2.15. The van der Waals surface area contributed by atoms with E-state index in [1.165, 1.54) is 0 Å². The molecular formula is C25H30N2O4S. The zero-order valence-corrected chi connectivity index (χ0v) is 19.6. The van der Waals surface area contributed by atoms with Crippen LogP contribution in [0.25, 0.3) is 11.1 Å². The minimum Gasteiger partial charge on any atom is -0.493 e. The maximum absolute atomic E-state index is 12.8. The quantitative estimate of drug-likeness (QED) is 0.441. The van der Waals surface area contributed by atoms with E-state index in [1.807, 2.05) is 68.7 Å². The number of hydrogen-bond donors (Lipinski definition) is 1. The molecule has 32 heavy (non-hydrogen) atoms. The summed E-state index contributed by atoms with van der Waals surface area (Å²) < 4.78 is 39.4. The summed E-state index contributed by atoms with van der Waals surface area (Å²) in [6, 6.07) is 22.2. The van der Waals surface area contributed by atoms with E-state index in [0.29, 0.717) is 18.1 Å². The van der Waals surface area contributed by atoms with Crippen LogP contribution in [0.1, 0.15) is 12.0 Å². The van der Waals surface area contributed by atoms with Crippen LogP contribution < -0.4 is 14.2 Å². The monoisotopic (exact) mass is 454 g/mol. The van der Waals surface area contributed by atoms with Gasteiger partial charge < -0.3 is 14.4 Å². The molecule has 7 heteroatoms. The van der Waals surface area contributed by atoms with Crippen molar-refractivity contribution in [2.24, 2.45) is 0 Å². The molecular weight excluding hydrogens is 424 g/mol. The third-order valence-electron chi connectivity index (χ3n) is 4.97. The number of hydrogen-bond acceptors (Lipinski definition) is 5. The molecule has 0 aliphatic heterocycles. The Morgan fingerprint density at radius 1 is 0.875 bits per heavy atom. The number of nitrogens with zero attached hydrogens (tertiary/aromatic N) is 1. The van der Waals surface area contributed by atoms with Gasteiger partial charge in [0.05, 0.1) is 18.6 Å². The minimum atomic E-state index is -3.64. The molecule has 0 bridgehead atoms. The Labute approximate surface area is 190 Å². The van der Waals surface area contributed by atoms with Crippen LogP contribution in [0.2, 0.25) is 0 Å². The molecule has 1 N–H and O–H groups in total. The van der Waals surface area contributed by atoms with E-state index in [2.05, 4.69) is 9.62 Å². The van der Waals surface area contributed by atoms with Crippen LogP contribution in [0.3, 0.4) is 0 Å². The molecule has 0 aliphatic rings. The maximum Gasteiger partial charge on any atom is 0.240 e. The molecule has 0 amide bonds. The Morgan fingerprint density at radius 2 is 1.56 bits per heavy atom. The fraction of sp³-hybridized carbons (Fsp3) is 0.280. The van der Waals surface area contributed by atoms with Crippen molar-refractivity contribution in [3.05, 3.63) is 78.4 Å². The Hall–Kier alpha value is -2.87. The van der Waals surface area contributed by atoms with Gasteiger partial charge in [-0.1, -0.05) is 48.5 Å². The number of methoxy groups -OCH3 is 1. The van der Waals surface area contributed by atoms with Crippen molar-refractivity contribution in [1.29, 1.82) is 0 Å². The van der Waals surface area contributed by atoms with Gasteiger partial charge in [0.1, 0.15) is 0 Å². The van der Waals surface area contributed by atoms with Gasteiger partial charge in [0, 0.05) is 13.1 Å². The van der Waals surface area contributed by atoms with E-state index in [0.717, 1.165) is 29.7 Å². The number of rotatable bonds is 11. The number of sulfonamides is 1. The zero-order chi connectivity index (χ0) is 23.0. The molecule has 170 valence electrons. The molecule has 3 rings (SSSR count). The minimum absolute atomic E-state index is 0.154. The summed E-state index contributed by atoms with van der Waals surface area (Å²) in [7, 11) is 1.98. The van der Waals surface area contributed by atoms with Gasteiger partial charge in [0.2, 0.25) is 10.0 Å². The van der Waals surface area contributed by atoms with E-state index in [-0.39, 0.29) is 11.4 Å². The van der Waals surface area contributed by atoms with Crippen molar-refractivity contribution in [1.82, 2.24) is 9.62 Å². The first-order valence-corrected chi connectivity index (χ1v) is 12.0. The lowest BCUT2D eigenvalue weighted by Crippen LogP contribution is -2.23. The van der Waals surface area contributed by atoms with Crippen LogP contribution in [0.4, 0.5) is 0 Å². The third-order valence-corrected chi connectivity index (χ3v) is 6.39. The van der Waals surface area contributed by atoms with Crippen LogP contribution in [0, 0.1) is 0 Å². The molecule has 3 aromatic carbocycles. The summed E-state index contributed by atoms with van der Waals surface area (Å²) in [5.74, 6) is 1.23. The highest BCUT2D eigenvalue weighted by molar-refractivity contribution is 7.89. The second-order valence-corrected chi connectivity index (χ2v) is 9.47. The van der Waals surface area contributed by atoms with E-state index in [4.69, 9.17) is 9.47 Å². The van der Waals surface area contributed by atoms with Crippen molar-refractivity contribution in [2.75, 3.05) is 34.4 Å². The van der Waals surface area contributed by atoms with Gasteiger partial charge in [0.15, 0.2) is 11.5 Å². The van der Waals surface area contributed by atoms with Crippen molar-refractivity contribution in [3.63, 3.8) is 0 Å². The molecule has 0 saturated heterocycles. The normalized spacial score (nSPS) is 11.5. The molecule has 0 aliphatic carbocycles. The average Bonchev–Trinajstić information content (AvgIpc) is 2.81. The predicted octanol–water partition coefficient (Wildman–Crippen LogP) is 4.17. The van der Waals surface area contributed by atoms with Gasteiger partial charge in [-0.15, -0.1) is 0 Å². The molecule has 0 aromatic heterocycles. The molecule has 0 fully saturated rings. The van der Waals surface area contributed by atoms with Gasteiger partial charge in [-0.2, -0.15) is 0 Å². The Balaban J connectivity index is 1.65. The van der Waals surface area contributed by atoms with E-state index < -0.39 is 10.0 Å². The highest BCUT2D eigenvalue weighted by atomic mass is 32.2. The lowest BCUT2D eigenvalue weighted by Gasteiger charge is -2.14. The summed E-state index contributed by atoms with van der Waals surface area (Å²) in [5, 5.41) is 0. The van der Waals surface area contributed by atoms with Crippen LogP contribution in [0.15, 0.2) is 77.7 Å². The summed E-state index contributed by atoms with van der Waals surface area (Å²) in [4.78, 5) is 2.32. The van der Waals surface area contributed by atoms with Crippen molar-refractivity contribution in [3.8, 4) is 22.6 Å². The molecule has 0 atom stereocenters. The predicted molar refractivity (Wildman–Crippen MR) is 128 cm³/mol. The molecule has 3 aromatic rings. The number of ether oxygens (including phenoxy) is 2. The Morgan fingerprint density at radius 3 is 2.22 bits per heavy atom. The van der Waals surface area contributed by atoms with Gasteiger partial charge in [0.25, 0.3) is 0 Å². The second-order valence-electron chi connectivity index (χ2n) is 7.71. The van der Waals surface area contributed by atoms with E-state index in [9.17, 15) is 8.42 Å². The fourth-order valence-corrected chi connectivity index (χ4v) is 4.24. The van der Waals surface area contributed by atoms with Gasteiger partial charge in [-0.3, -0.25) is 0 Å². The first-order valence-electron chi connectivity index (χ1n) is 10.5. The standard InChI is InChI=1S/C25H30N2O4S/c1-27(2)16-7-17-31-25-18-20(10-15-24(25)30-3)19-26-32(28,29)23-13-11-22(12-14-23)21-8-5-4-6-9-21/h4-6,8-15,18,26H,7,16-17,19H2,1-3H3. The van der Waals surface area contributed by atoms with Crippen LogP contribution in [-0.2, 0) is 16.6 Å². The SMILES string of the molecule is COc1ccc(CNS(=O)(=O)c2ccc(-c3ccccc3)cc2)cc1OCCCN(C)C. The van der Waals surface area contributed by atoms with Gasteiger partial charge in [-0.05, 0) is 61.5 Å². The van der Waals surface area contributed by atoms with Crippen LogP contribution >= 0.6 is 0 Å². The first-order chi connectivity index (χ1) is 15.4. The average molecular weight is 455 g/mol. The molecule has 6 nitrogen and oxygen atoms in total. The Bertz CT molecular complexity index is 1100.